The molecule has 0 aliphatic heterocycles. The lowest BCUT2D eigenvalue weighted by molar-refractivity contribution is -0.114. The Kier molecular flexibility index (Phi) is 3.15. The van der Waals surface area contributed by atoms with Gasteiger partial charge in [0.2, 0.25) is 0 Å². The van der Waals surface area contributed by atoms with Crippen LogP contribution in [0.3, 0.4) is 0 Å². The lowest BCUT2D eigenvalue weighted by atomic mass is 9.57. The second-order valence-electron chi connectivity index (χ2n) is 7.65. The monoisotopic (exact) mass is 293 g/mol. The van der Waals surface area contributed by atoms with Crippen LogP contribution < -0.4 is 0 Å². The number of nitrogens with zero attached hydrogens (tertiary/aromatic N) is 1. The zero-order valence-corrected chi connectivity index (χ0v) is 13.3. The molecule has 0 aromatic heterocycles. The summed E-state index contributed by atoms with van der Waals surface area (Å²) in [6.45, 7) is 2.39. The molecule has 4 aliphatic carbocycles. The molecule has 0 heterocycles. The van der Waals surface area contributed by atoms with Crippen LogP contribution in [-0.4, -0.2) is 5.78 Å². The molecule has 2 heteroatoms. The van der Waals surface area contributed by atoms with Gasteiger partial charge in [-0.15, -0.1) is 0 Å². The van der Waals surface area contributed by atoms with E-state index in [2.05, 4.69) is 13.0 Å². The SMILES string of the molecule is C[C@]12CCC3=C4CCC(=O)C=C4CC[C@H]3[C@@H]1CCC2=CC#N. The number of hydrogen-bond donors (Lipinski definition) is 0. The lowest BCUT2D eigenvalue weighted by Crippen LogP contribution is -2.37. The maximum absolute atomic E-state index is 11.7. The van der Waals surface area contributed by atoms with Gasteiger partial charge in [-0.25, -0.2) is 0 Å². The van der Waals surface area contributed by atoms with E-state index >= 15 is 0 Å². The average Bonchev–Trinajstić information content (AvgIpc) is 2.84. The van der Waals surface area contributed by atoms with Crippen molar-refractivity contribution in [1.82, 2.24) is 0 Å². The molecular formula is C20H23NO. The predicted molar refractivity (Wildman–Crippen MR) is 85.8 cm³/mol. The fourth-order valence-corrected chi connectivity index (χ4v) is 5.70. The predicted octanol–water partition coefficient (Wildman–Crippen LogP) is 4.64. The van der Waals surface area contributed by atoms with E-state index in [0.29, 0.717) is 24.0 Å². The largest absolute Gasteiger partial charge is 0.295 e. The highest BCUT2D eigenvalue weighted by molar-refractivity contribution is 5.93. The van der Waals surface area contributed by atoms with Gasteiger partial charge < -0.3 is 0 Å². The van der Waals surface area contributed by atoms with Crippen LogP contribution in [0.25, 0.3) is 0 Å². The first kappa shape index (κ1) is 14.0. The van der Waals surface area contributed by atoms with Crippen LogP contribution in [0.4, 0.5) is 0 Å². The van der Waals surface area contributed by atoms with Crippen LogP contribution in [0, 0.1) is 28.6 Å². The number of carbonyl (C=O) groups excluding carboxylic acids is 1. The summed E-state index contributed by atoms with van der Waals surface area (Å²) in [6, 6.07) is 2.27. The van der Waals surface area contributed by atoms with Crippen LogP contribution in [0.15, 0.2) is 34.4 Å². The van der Waals surface area contributed by atoms with Gasteiger partial charge in [0.25, 0.3) is 0 Å². The van der Waals surface area contributed by atoms with Crippen LogP contribution in [0.2, 0.25) is 0 Å². The first-order valence-electron chi connectivity index (χ1n) is 8.68. The summed E-state index contributed by atoms with van der Waals surface area (Å²) in [5.74, 6) is 1.73. The third-order valence-electron chi connectivity index (χ3n) is 6.82. The van der Waals surface area contributed by atoms with Gasteiger partial charge in [-0.05, 0) is 79.4 Å². The number of fused-ring (bicyclic) bond motifs is 4. The molecule has 4 rings (SSSR count). The van der Waals surface area contributed by atoms with E-state index in [1.165, 1.54) is 42.4 Å². The summed E-state index contributed by atoms with van der Waals surface area (Å²) in [7, 11) is 0. The van der Waals surface area contributed by atoms with Gasteiger partial charge in [0.15, 0.2) is 5.78 Å². The maximum atomic E-state index is 11.7. The van der Waals surface area contributed by atoms with Crippen molar-refractivity contribution in [3.8, 4) is 6.07 Å². The van der Waals surface area contributed by atoms with Gasteiger partial charge in [0.1, 0.15) is 0 Å². The highest BCUT2D eigenvalue weighted by Gasteiger charge is 2.51. The third-order valence-corrected chi connectivity index (χ3v) is 6.82. The van der Waals surface area contributed by atoms with Crippen molar-refractivity contribution in [2.75, 3.05) is 0 Å². The van der Waals surface area contributed by atoms with Gasteiger partial charge in [0, 0.05) is 12.5 Å². The molecule has 0 N–H and O–H groups in total. The number of carbonyl (C=O) groups is 1. The van der Waals surface area contributed by atoms with Gasteiger partial charge in [0.05, 0.1) is 6.07 Å². The maximum Gasteiger partial charge on any atom is 0.156 e. The molecule has 0 saturated heterocycles. The molecule has 0 radical (unpaired) electrons. The highest BCUT2D eigenvalue weighted by atomic mass is 16.1. The normalized spacial score (nSPS) is 39.0. The fraction of sp³-hybridized carbons (Fsp3) is 0.600. The zero-order chi connectivity index (χ0) is 15.3. The Morgan fingerprint density at radius 3 is 2.91 bits per heavy atom. The fourth-order valence-electron chi connectivity index (χ4n) is 5.70. The second kappa shape index (κ2) is 4.95. The van der Waals surface area contributed by atoms with Crippen molar-refractivity contribution in [1.29, 1.82) is 5.26 Å². The molecule has 2 saturated carbocycles. The average molecular weight is 293 g/mol. The van der Waals surface area contributed by atoms with Crippen molar-refractivity contribution in [2.45, 2.75) is 58.3 Å². The van der Waals surface area contributed by atoms with E-state index in [0.717, 1.165) is 19.3 Å². The molecule has 0 unspecified atom stereocenters. The van der Waals surface area contributed by atoms with Crippen molar-refractivity contribution >= 4 is 5.78 Å². The summed E-state index contributed by atoms with van der Waals surface area (Å²) < 4.78 is 0. The van der Waals surface area contributed by atoms with E-state index in [1.54, 1.807) is 5.57 Å². The number of nitriles is 1. The van der Waals surface area contributed by atoms with Gasteiger partial charge in [-0.3, -0.25) is 4.79 Å². The standard InChI is InChI=1S/C20H23NO/c1-20-10-8-17-16-6-4-15(22)12-13(16)2-5-18(17)19(20)7-3-14(20)9-11-21/h9,12,18-19H,2-8,10H2,1H3/t18-,19+,20-/m1/s1. The van der Waals surface area contributed by atoms with Crippen molar-refractivity contribution in [3.63, 3.8) is 0 Å². The van der Waals surface area contributed by atoms with Crippen LogP contribution in [0.5, 0.6) is 0 Å². The minimum Gasteiger partial charge on any atom is -0.295 e. The Morgan fingerprint density at radius 1 is 1.23 bits per heavy atom. The van der Waals surface area contributed by atoms with E-state index in [9.17, 15) is 4.79 Å². The molecule has 114 valence electrons. The number of rotatable bonds is 0. The van der Waals surface area contributed by atoms with E-state index < -0.39 is 0 Å². The minimum atomic E-state index is 0.246. The molecule has 0 amide bonds. The second-order valence-corrected chi connectivity index (χ2v) is 7.65. The molecule has 0 aromatic carbocycles. The van der Waals surface area contributed by atoms with Crippen molar-refractivity contribution < 1.29 is 4.79 Å². The summed E-state index contributed by atoms with van der Waals surface area (Å²) >= 11 is 0. The van der Waals surface area contributed by atoms with Crippen LogP contribution in [-0.2, 0) is 4.79 Å². The Morgan fingerprint density at radius 2 is 2.09 bits per heavy atom. The summed E-state index contributed by atoms with van der Waals surface area (Å²) in [4.78, 5) is 11.7. The first-order valence-corrected chi connectivity index (χ1v) is 8.68. The molecule has 3 atom stereocenters. The lowest BCUT2D eigenvalue weighted by Gasteiger charge is -2.47. The van der Waals surface area contributed by atoms with Crippen LogP contribution in [0.1, 0.15) is 58.3 Å². The molecular weight excluding hydrogens is 270 g/mol. The van der Waals surface area contributed by atoms with Gasteiger partial charge >= 0.3 is 0 Å². The molecule has 0 spiro atoms. The minimum absolute atomic E-state index is 0.246. The molecule has 2 nitrogen and oxygen atoms in total. The summed E-state index contributed by atoms with van der Waals surface area (Å²) in [5.41, 5.74) is 6.19. The van der Waals surface area contributed by atoms with Gasteiger partial charge in [-0.2, -0.15) is 5.26 Å². The first-order chi connectivity index (χ1) is 10.6. The smallest absolute Gasteiger partial charge is 0.156 e. The Labute approximate surface area is 132 Å². The number of allylic oxidation sites excluding steroid dienone is 6. The van der Waals surface area contributed by atoms with Gasteiger partial charge in [-0.1, -0.05) is 18.1 Å². The summed E-state index contributed by atoms with van der Waals surface area (Å²) in [6.07, 6.45) is 12.4. The van der Waals surface area contributed by atoms with Crippen molar-refractivity contribution in [2.24, 2.45) is 17.3 Å². The van der Waals surface area contributed by atoms with E-state index in [4.69, 9.17) is 5.26 Å². The molecule has 0 bridgehead atoms. The van der Waals surface area contributed by atoms with Crippen LogP contribution >= 0.6 is 0 Å². The number of ketones is 1. The Bertz CT molecular complexity index is 672. The Balaban J connectivity index is 1.74. The zero-order valence-electron chi connectivity index (χ0n) is 13.3. The summed E-state index contributed by atoms with van der Waals surface area (Å²) in [5, 5.41) is 9.07. The molecule has 22 heavy (non-hydrogen) atoms. The van der Waals surface area contributed by atoms with E-state index in [-0.39, 0.29) is 5.41 Å². The quantitative estimate of drug-likeness (QED) is 0.610. The highest BCUT2D eigenvalue weighted by Crippen LogP contribution is 2.61. The third kappa shape index (κ3) is 1.88. The number of hydrogen-bond acceptors (Lipinski definition) is 2. The van der Waals surface area contributed by atoms with E-state index in [1.807, 2.05) is 12.2 Å². The molecule has 0 aromatic rings. The topological polar surface area (TPSA) is 40.9 Å². The molecule has 2 fully saturated rings. The Hall–Kier alpha value is -1.62. The molecule has 4 aliphatic rings. The van der Waals surface area contributed by atoms with Crippen molar-refractivity contribution in [3.05, 3.63) is 34.4 Å².